The number of aliphatic hydroxyl groups excluding tert-OH is 1. The summed E-state index contributed by atoms with van der Waals surface area (Å²) in [6, 6.07) is 10.5. The van der Waals surface area contributed by atoms with Gasteiger partial charge >= 0.3 is 6.18 Å². The van der Waals surface area contributed by atoms with E-state index in [0.717, 1.165) is 35.2 Å². The summed E-state index contributed by atoms with van der Waals surface area (Å²) in [6.07, 6.45) is -4.46. The van der Waals surface area contributed by atoms with Gasteiger partial charge in [0.1, 0.15) is 18.5 Å². The predicted molar refractivity (Wildman–Crippen MR) is 129 cm³/mol. The van der Waals surface area contributed by atoms with Gasteiger partial charge < -0.3 is 20.5 Å². The van der Waals surface area contributed by atoms with Crippen molar-refractivity contribution < 1.29 is 27.8 Å². The first kappa shape index (κ1) is 26.8. The van der Waals surface area contributed by atoms with Gasteiger partial charge in [0.2, 0.25) is 5.91 Å². The molecule has 2 aromatic rings. The van der Waals surface area contributed by atoms with E-state index in [1.807, 2.05) is 38.1 Å². The zero-order valence-corrected chi connectivity index (χ0v) is 20.1. The van der Waals surface area contributed by atoms with Gasteiger partial charge in [-0.05, 0) is 49.7 Å². The summed E-state index contributed by atoms with van der Waals surface area (Å²) in [4.78, 5) is 11.2. The predicted octanol–water partition coefficient (Wildman–Crippen LogP) is 4.19. The lowest BCUT2D eigenvalue weighted by Gasteiger charge is -2.28. The van der Waals surface area contributed by atoms with Gasteiger partial charge in [0.05, 0.1) is 16.3 Å². The molecule has 7 nitrogen and oxygen atoms in total. The molecular formula is C24H28ClF3N4O3. The van der Waals surface area contributed by atoms with Gasteiger partial charge in [-0.3, -0.25) is 4.79 Å². The highest BCUT2D eigenvalue weighted by atomic mass is 35.5. The minimum absolute atomic E-state index is 0.0361. The minimum Gasteiger partial charge on any atom is -0.489 e. The van der Waals surface area contributed by atoms with Gasteiger partial charge in [-0.1, -0.05) is 23.7 Å². The van der Waals surface area contributed by atoms with E-state index in [4.69, 9.17) is 16.3 Å². The lowest BCUT2D eigenvalue weighted by molar-refractivity contribution is -0.137. The number of carbonyl (C=O) groups is 1. The summed E-state index contributed by atoms with van der Waals surface area (Å²) in [6.45, 7) is 4.38. The van der Waals surface area contributed by atoms with Crippen LogP contribution in [0.5, 0.6) is 5.75 Å². The number of anilines is 1. The molecule has 4 N–H and O–H groups in total. The molecule has 35 heavy (non-hydrogen) atoms. The molecule has 3 rings (SSSR count). The van der Waals surface area contributed by atoms with E-state index in [2.05, 4.69) is 21.2 Å². The third-order valence-corrected chi connectivity index (χ3v) is 5.68. The van der Waals surface area contributed by atoms with Crippen molar-refractivity contribution in [2.75, 3.05) is 25.0 Å². The van der Waals surface area contributed by atoms with Gasteiger partial charge in [0.25, 0.3) is 0 Å². The van der Waals surface area contributed by atoms with Crippen LogP contribution in [0.2, 0.25) is 5.02 Å². The molecular weight excluding hydrogens is 485 g/mol. The van der Waals surface area contributed by atoms with E-state index in [0.29, 0.717) is 19.4 Å². The molecule has 1 aliphatic rings. The SMILES string of the molecule is CC(C)(CNc1ccc(C2=NNC(=O)CC2)cc1)NCC(O)COc1cc(C(F)(F)F)ccc1Cl. The van der Waals surface area contributed by atoms with E-state index >= 15 is 0 Å². The standard InChI is InChI=1S/C24H28ClF3N4O3/c1-23(2,14-29-17-6-3-15(4-7-17)20-9-10-22(34)32-31-20)30-12-18(33)13-35-21-11-16(24(26,27)28)5-8-19(21)25/h3-8,11,18,29-30,33H,9-10,12-14H2,1-2H3,(H,32,34). The van der Waals surface area contributed by atoms with Gasteiger partial charge in [-0.15, -0.1) is 0 Å². The second-order valence-electron chi connectivity index (χ2n) is 8.90. The van der Waals surface area contributed by atoms with Gasteiger partial charge in [0.15, 0.2) is 0 Å². The molecule has 0 spiro atoms. The molecule has 2 aromatic carbocycles. The fourth-order valence-electron chi connectivity index (χ4n) is 3.28. The van der Waals surface area contributed by atoms with Crippen LogP contribution in [0.3, 0.4) is 0 Å². The zero-order chi connectivity index (χ0) is 25.6. The smallest absolute Gasteiger partial charge is 0.416 e. The molecule has 0 radical (unpaired) electrons. The fourth-order valence-corrected chi connectivity index (χ4v) is 3.45. The van der Waals surface area contributed by atoms with E-state index in [1.54, 1.807) is 0 Å². The van der Waals surface area contributed by atoms with Crippen molar-refractivity contribution in [2.45, 2.75) is 44.5 Å². The number of carbonyl (C=O) groups excluding carboxylic acids is 1. The number of aliphatic hydroxyl groups is 1. The highest BCUT2D eigenvalue weighted by Gasteiger charge is 2.31. The number of hydrogen-bond acceptors (Lipinski definition) is 6. The maximum absolute atomic E-state index is 12.9. The molecule has 11 heteroatoms. The molecule has 1 unspecified atom stereocenters. The third-order valence-electron chi connectivity index (χ3n) is 5.36. The Balaban J connectivity index is 1.44. The average molecular weight is 513 g/mol. The fraction of sp³-hybridized carbons (Fsp3) is 0.417. The summed E-state index contributed by atoms with van der Waals surface area (Å²) in [7, 11) is 0. The summed E-state index contributed by atoms with van der Waals surface area (Å²) >= 11 is 5.92. The van der Waals surface area contributed by atoms with Crippen LogP contribution in [0, 0.1) is 0 Å². The number of nitrogens with one attached hydrogen (secondary N) is 3. The molecule has 0 saturated carbocycles. The quantitative estimate of drug-likeness (QED) is 0.383. The largest absolute Gasteiger partial charge is 0.489 e. The van der Waals surface area contributed by atoms with Crippen LogP contribution in [0.4, 0.5) is 18.9 Å². The van der Waals surface area contributed by atoms with Crippen LogP contribution in [0.15, 0.2) is 47.6 Å². The van der Waals surface area contributed by atoms with Crippen LogP contribution < -0.4 is 20.8 Å². The molecule has 190 valence electrons. The van der Waals surface area contributed by atoms with Crippen LogP contribution >= 0.6 is 11.6 Å². The molecule has 0 bridgehead atoms. The van der Waals surface area contributed by atoms with Crippen LogP contribution in [-0.4, -0.2) is 48.1 Å². The van der Waals surface area contributed by atoms with Gasteiger partial charge in [-0.25, -0.2) is 5.43 Å². The van der Waals surface area contributed by atoms with E-state index < -0.39 is 23.4 Å². The highest BCUT2D eigenvalue weighted by Crippen LogP contribution is 2.35. The third kappa shape index (κ3) is 8.12. The van der Waals surface area contributed by atoms with Crippen LogP contribution in [-0.2, 0) is 11.0 Å². The maximum atomic E-state index is 12.9. The average Bonchev–Trinajstić information content (AvgIpc) is 2.81. The minimum atomic E-state index is -4.51. The topological polar surface area (TPSA) is 95.0 Å². The molecule has 0 aliphatic carbocycles. The Hall–Kier alpha value is -2.82. The number of hydrogen-bond donors (Lipinski definition) is 4. The Morgan fingerprint density at radius 3 is 2.51 bits per heavy atom. The summed E-state index contributed by atoms with van der Waals surface area (Å²) in [5.41, 5.74) is 3.87. The van der Waals surface area contributed by atoms with Crippen molar-refractivity contribution in [2.24, 2.45) is 5.10 Å². The van der Waals surface area contributed by atoms with Gasteiger partial charge in [-0.2, -0.15) is 18.3 Å². The number of benzene rings is 2. The zero-order valence-electron chi connectivity index (χ0n) is 19.4. The molecule has 0 aromatic heterocycles. The molecule has 0 saturated heterocycles. The normalized spacial score (nSPS) is 15.3. The Morgan fingerprint density at radius 2 is 1.89 bits per heavy atom. The molecule has 1 amide bonds. The molecule has 0 fully saturated rings. The van der Waals surface area contributed by atoms with E-state index in [1.165, 1.54) is 0 Å². The van der Waals surface area contributed by atoms with E-state index in [-0.39, 0.29) is 29.8 Å². The Morgan fingerprint density at radius 1 is 1.17 bits per heavy atom. The monoisotopic (exact) mass is 512 g/mol. The number of rotatable bonds is 10. The number of nitrogens with zero attached hydrogens (tertiary/aromatic N) is 1. The van der Waals surface area contributed by atoms with Crippen LogP contribution in [0.25, 0.3) is 0 Å². The van der Waals surface area contributed by atoms with Crippen molar-refractivity contribution >= 4 is 28.9 Å². The van der Waals surface area contributed by atoms with Crippen molar-refractivity contribution in [1.29, 1.82) is 0 Å². The number of β-amino-alcohol motifs (C(OH)–C–C–N with tert-alkyl or cyclic N) is 1. The highest BCUT2D eigenvalue weighted by molar-refractivity contribution is 6.32. The summed E-state index contributed by atoms with van der Waals surface area (Å²) in [5.74, 6) is -0.218. The Bertz CT molecular complexity index is 1060. The first-order valence-corrected chi connectivity index (χ1v) is 11.4. The number of ether oxygens (including phenoxy) is 1. The van der Waals surface area contributed by atoms with Crippen molar-refractivity contribution in [3.63, 3.8) is 0 Å². The number of halogens is 4. The molecule has 1 aliphatic heterocycles. The lowest BCUT2D eigenvalue weighted by atomic mass is 10.0. The second kappa shape index (κ2) is 11.3. The first-order chi connectivity index (χ1) is 16.4. The Kier molecular flexibility index (Phi) is 8.63. The number of alkyl halides is 3. The summed E-state index contributed by atoms with van der Waals surface area (Å²) in [5, 5.41) is 20.9. The second-order valence-corrected chi connectivity index (χ2v) is 9.30. The van der Waals surface area contributed by atoms with E-state index in [9.17, 15) is 23.1 Å². The van der Waals surface area contributed by atoms with Crippen LogP contribution in [0.1, 0.15) is 37.8 Å². The van der Waals surface area contributed by atoms with Gasteiger partial charge in [0, 0.05) is 37.2 Å². The molecule has 1 atom stereocenters. The lowest BCUT2D eigenvalue weighted by Crippen LogP contribution is -2.49. The maximum Gasteiger partial charge on any atom is 0.416 e. The van der Waals surface area contributed by atoms with Crippen molar-refractivity contribution in [3.05, 3.63) is 58.6 Å². The molecule has 1 heterocycles. The first-order valence-electron chi connectivity index (χ1n) is 11.1. The number of amides is 1. The van der Waals surface area contributed by atoms with Crippen molar-refractivity contribution in [3.8, 4) is 5.75 Å². The van der Waals surface area contributed by atoms with Crippen molar-refractivity contribution in [1.82, 2.24) is 10.7 Å². The number of hydrazone groups is 1. The summed E-state index contributed by atoms with van der Waals surface area (Å²) < 4.78 is 44.0. The Labute approximate surface area is 206 Å².